The Morgan fingerprint density at radius 1 is 0.636 bits per heavy atom. The Morgan fingerprint density at radius 3 is 1.24 bits per heavy atom. The van der Waals surface area contributed by atoms with Crippen molar-refractivity contribution >= 4 is 16.0 Å². The van der Waals surface area contributed by atoms with Gasteiger partial charge in [0.25, 0.3) is 0 Å². The van der Waals surface area contributed by atoms with Crippen LogP contribution in [0.25, 0.3) is 0 Å². The number of hydrogen-bond acceptors (Lipinski definition) is 4. The van der Waals surface area contributed by atoms with Crippen molar-refractivity contribution < 1.29 is 47.3 Å². The molecule has 0 spiro atoms. The molecule has 7 heteroatoms. The fraction of sp³-hybridized carbons (Fsp3) is 0.962. The number of carbonyl (C=O) groups is 1. The number of amides is 1. The first-order chi connectivity index (χ1) is 15.4. The maximum absolute atomic E-state index is 11.9. The second-order valence-corrected chi connectivity index (χ2v) is 11.1. The fourth-order valence-electron chi connectivity index (χ4n) is 4.10. The number of hydrogen-bond donors (Lipinski definition) is 0. The van der Waals surface area contributed by atoms with Gasteiger partial charge in [-0.3, -0.25) is 4.79 Å². The van der Waals surface area contributed by atoms with Crippen LogP contribution in [0.4, 0.5) is 0 Å². The molecule has 0 aliphatic carbocycles. The summed E-state index contributed by atoms with van der Waals surface area (Å²) in [7, 11) is -2.69. The first-order valence-electron chi connectivity index (χ1n) is 13.5. The van der Waals surface area contributed by atoms with Gasteiger partial charge in [-0.2, -0.15) is 0 Å². The van der Waals surface area contributed by atoms with Crippen LogP contribution in [0.5, 0.6) is 0 Å². The number of carbonyl (C=O) groups excluding carboxylic acids is 1. The average Bonchev–Trinajstić information content (AvgIpc) is 2.75. The number of unbranched alkanes of at least 4 members (excludes halogenated alkanes) is 19. The largest absolute Gasteiger partial charge is 1.00 e. The molecule has 5 nitrogen and oxygen atoms in total. The summed E-state index contributed by atoms with van der Waals surface area (Å²) in [4.78, 5) is 13.2. The molecule has 0 fully saturated rings. The van der Waals surface area contributed by atoms with Crippen molar-refractivity contribution in [3.63, 3.8) is 0 Å². The molecule has 0 heterocycles. The molecule has 0 rings (SSSR count). The van der Waals surface area contributed by atoms with E-state index in [1.54, 1.807) is 7.05 Å². The van der Waals surface area contributed by atoms with Crippen molar-refractivity contribution in [1.82, 2.24) is 4.90 Å². The van der Waals surface area contributed by atoms with E-state index in [-0.39, 0.29) is 42.0 Å². The monoisotopic (exact) mass is 497 g/mol. The van der Waals surface area contributed by atoms with E-state index in [1.165, 1.54) is 114 Å². The van der Waals surface area contributed by atoms with Crippen LogP contribution in [0.3, 0.4) is 0 Å². The van der Waals surface area contributed by atoms with Crippen LogP contribution in [0, 0.1) is 0 Å². The quantitative estimate of drug-likeness (QED) is 0.114. The molecule has 33 heavy (non-hydrogen) atoms. The van der Waals surface area contributed by atoms with Crippen molar-refractivity contribution in [3.8, 4) is 0 Å². The van der Waals surface area contributed by atoms with Gasteiger partial charge in [-0.1, -0.05) is 129 Å². The minimum Gasteiger partial charge on any atom is -0.748 e. The number of nitrogens with zero attached hydrogens (tertiary/aromatic N) is 1. The Morgan fingerprint density at radius 2 is 0.939 bits per heavy atom. The predicted octanol–water partition coefficient (Wildman–Crippen LogP) is 4.21. The third kappa shape index (κ3) is 28.5. The van der Waals surface area contributed by atoms with Gasteiger partial charge in [0.15, 0.2) is 0 Å². The first-order valence-corrected chi connectivity index (χ1v) is 15.1. The Balaban J connectivity index is 0. The summed E-state index contributed by atoms with van der Waals surface area (Å²) in [5.41, 5.74) is 0. The minimum absolute atomic E-state index is 0. The Kier molecular flexibility index (Phi) is 27.4. The van der Waals surface area contributed by atoms with Crippen LogP contribution in [0.2, 0.25) is 0 Å². The summed E-state index contributed by atoms with van der Waals surface area (Å²) in [6, 6.07) is 0. The van der Waals surface area contributed by atoms with Crippen molar-refractivity contribution in [3.05, 3.63) is 0 Å². The van der Waals surface area contributed by atoms with Crippen LogP contribution in [0.1, 0.15) is 142 Å². The van der Waals surface area contributed by atoms with Gasteiger partial charge in [-0.05, 0) is 6.42 Å². The predicted molar refractivity (Wildman–Crippen MR) is 135 cm³/mol. The number of rotatable bonds is 24. The standard InChI is InChI=1S/C26H53NO4S.Na/c1-3-4-5-6-7-8-9-10-11-12-13-14-15-16-17-18-19-20-21-22-23-26(28)27(2)24-25-32(29,30)31;/h3-25H2,1-2H3,(H,29,30,31);/q;+1/p-1. The summed E-state index contributed by atoms with van der Waals surface area (Å²) < 4.78 is 31.8. The van der Waals surface area contributed by atoms with Crippen LogP contribution >= 0.6 is 0 Å². The van der Waals surface area contributed by atoms with Crippen LogP contribution in [-0.4, -0.2) is 43.1 Å². The maximum atomic E-state index is 11.9. The van der Waals surface area contributed by atoms with Crippen LogP contribution < -0.4 is 29.6 Å². The van der Waals surface area contributed by atoms with Crippen LogP contribution in [-0.2, 0) is 14.9 Å². The Hall–Kier alpha value is 0.380. The molecule has 0 aromatic carbocycles. The molecule has 0 atom stereocenters. The second kappa shape index (κ2) is 25.5. The van der Waals surface area contributed by atoms with Gasteiger partial charge in [0.05, 0.1) is 15.9 Å². The zero-order chi connectivity index (χ0) is 23.9. The zero-order valence-electron chi connectivity index (χ0n) is 22.3. The van der Waals surface area contributed by atoms with Gasteiger partial charge in [0.1, 0.15) is 0 Å². The molecule has 0 saturated heterocycles. The maximum Gasteiger partial charge on any atom is 1.00 e. The van der Waals surface area contributed by atoms with Gasteiger partial charge in [0.2, 0.25) is 5.91 Å². The molecule has 0 unspecified atom stereocenters. The zero-order valence-corrected chi connectivity index (χ0v) is 25.1. The minimum atomic E-state index is -4.25. The Bertz CT molecular complexity index is 528. The summed E-state index contributed by atoms with van der Waals surface area (Å²) in [6.45, 7) is 2.27. The smallest absolute Gasteiger partial charge is 0.748 e. The second-order valence-electron chi connectivity index (χ2n) is 9.54. The van der Waals surface area contributed by atoms with Gasteiger partial charge >= 0.3 is 29.6 Å². The topological polar surface area (TPSA) is 77.5 Å². The molecule has 0 aromatic rings. The molecule has 0 radical (unpaired) electrons. The van der Waals surface area contributed by atoms with E-state index in [9.17, 15) is 17.8 Å². The summed E-state index contributed by atoms with van der Waals surface area (Å²) in [6.07, 6.45) is 27.0. The van der Waals surface area contributed by atoms with E-state index in [1.807, 2.05) is 0 Å². The van der Waals surface area contributed by atoms with E-state index in [2.05, 4.69) is 6.92 Å². The van der Waals surface area contributed by atoms with Gasteiger partial charge in [-0.15, -0.1) is 0 Å². The molecular formula is C26H52NNaO4S. The molecule has 1 amide bonds. The summed E-state index contributed by atoms with van der Waals surface area (Å²) >= 11 is 0. The van der Waals surface area contributed by atoms with E-state index >= 15 is 0 Å². The summed E-state index contributed by atoms with van der Waals surface area (Å²) in [5, 5.41) is 0. The molecule has 0 aliphatic heterocycles. The third-order valence-corrected chi connectivity index (χ3v) is 7.03. The molecule has 0 aliphatic rings. The van der Waals surface area contributed by atoms with E-state index < -0.39 is 15.9 Å². The Labute approximate surface area is 228 Å². The van der Waals surface area contributed by atoms with Crippen molar-refractivity contribution in [2.24, 2.45) is 0 Å². The summed E-state index contributed by atoms with van der Waals surface area (Å²) in [5.74, 6) is -0.579. The van der Waals surface area contributed by atoms with Gasteiger partial charge in [-0.25, -0.2) is 8.42 Å². The fourth-order valence-corrected chi connectivity index (χ4v) is 4.59. The normalized spacial score (nSPS) is 11.4. The molecule has 0 bridgehead atoms. The van der Waals surface area contributed by atoms with Crippen LogP contribution in [0.15, 0.2) is 0 Å². The van der Waals surface area contributed by atoms with E-state index in [0.717, 1.165) is 19.3 Å². The van der Waals surface area contributed by atoms with Gasteiger partial charge in [0, 0.05) is 20.0 Å². The third-order valence-electron chi connectivity index (χ3n) is 6.35. The van der Waals surface area contributed by atoms with E-state index in [0.29, 0.717) is 6.42 Å². The molecule has 0 aromatic heterocycles. The van der Waals surface area contributed by atoms with Crippen molar-refractivity contribution in [2.45, 2.75) is 142 Å². The van der Waals surface area contributed by atoms with Crippen molar-refractivity contribution in [1.29, 1.82) is 0 Å². The average molecular weight is 498 g/mol. The SMILES string of the molecule is CCCCCCCCCCCCCCCCCCCCCCC(=O)N(C)CCS(=O)(=O)[O-].[Na+]. The molecule has 0 N–H and O–H groups in total. The van der Waals surface area contributed by atoms with Gasteiger partial charge < -0.3 is 9.45 Å². The van der Waals surface area contributed by atoms with E-state index in [4.69, 9.17) is 0 Å². The molecule has 0 saturated carbocycles. The van der Waals surface area contributed by atoms with Crippen molar-refractivity contribution in [2.75, 3.05) is 19.3 Å². The molecule has 192 valence electrons. The molecular weight excluding hydrogens is 445 g/mol. The first kappa shape index (κ1) is 35.5.